The molecule has 0 spiro atoms. The summed E-state index contributed by atoms with van der Waals surface area (Å²) in [5.41, 5.74) is 13.9. The highest BCUT2D eigenvalue weighted by Gasteiger charge is 2.16. The monoisotopic (exact) mass is 512 g/mol. The molecule has 9 heteroatoms. The number of fused-ring (bicyclic) bond motifs is 1. The van der Waals surface area contributed by atoms with E-state index in [9.17, 15) is 19.5 Å². The van der Waals surface area contributed by atoms with Crippen LogP contribution in [0.3, 0.4) is 0 Å². The first-order valence-corrected chi connectivity index (χ1v) is 11.9. The average Bonchev–Trinajstić information content (AvgIpc) is 2.88. The molecule has 9 nitrogen and oxygen atoms in total. The molecule has 0 aliphatic carbocycles. The van der Waals surface area contributed by atoms with Crippen molar-refractivity contribution in [3.63, 3.8) is 0 Å². The number of urea groups is 1. The maximum Gasteiger partial charge on any atom is 0.318 e. The second-order valence-corrected chi connectivity index (χ2v) is 8.85. The van der Waals surface area contributed by atoms with Crippen LogP contribution in [0.15, 0.2) is 84.9 Å². The van der Waals surface area contributed by atoms with Crippen molar-refractivity contribution in [3.8, 4) is 11.5 Å². The summed E-state index contributed by atoms with van der Waals surface area (Å²) in [4.78, 5) is 35.9. The highest BCUT2D eigenvalue weighted by Crippen LogP contribution is 2.28. The van der Waals surface area contributed by atoms with Crippen molar-refractivity contribution in [1.29, 1.82) is 0 Å². The minimum Gasteiger partial charge on any atom is -0.508 e. The van der Waals surface area contributed by atoms with Crippen molar-refractivity contribution in [2.45, 2.75) is 25.5 Å². The van der Waals surface area contributed by atoms with Crippen molar-refractivity contribution < 1.29 is 24.2 Å². The highest BCUT2D eigenvalue weighted by molar-refractivity contribution is 5.96. The lowest BCUT2D eigenvalue weighted by Gasteiger charge is -2.15. The molecule has 4 rings (SSSR count). The fourth-order valence-corrected chi connectivity index (χ4v) is 4.01. The standard InChI is InChI=1S/C29H28N4O5/c30-25(13-18-8-10-24(34)11-9-18)28(36)32-23-7-3-4-19(12-23)17-38-26-15-21-6-2-1-5-20(21)14-22(26)16-27(35)33-29(31)37/h1-12,14-15,25,34H,13,16-17,30H2,(H,32,36)(H3,31,33,35,37). The molecule has 0 saturated heterocycles. The molecule has 0 bridgehead atoms. The minimum atomic E-state index is -0.917. The number of aromatic hydroxyl groups is 1. The Kier molecular flexibility index (Phi) is 8.20. The van der Waals surface area contributed by atoms with E-state index in [1.54, 1.807) is 42.5 Å². The van der Waals surface area contributed by atoms with Crippen molar-refractivity contribution >= 4 is 34.3 Å². The summed E-state index contributed by atoms with van der Waals surface area (Å²) >= 11 is 0. The Bertz CT molecular complexity index is 1470. The normalized spacial score (nSPS) is 11.5. The zero-order valence-corrected chi connectivity index (χ0v) is 20.5. The van der Waals surface area contributed by atoms with Gasteiger partial charge in [0.15, 0.2) is 0 Å². The van der Waals surface area contributed by atoms with E-state index >= 15 is 0 Å². The molecule has 0 aliphatic heterocycles. The lowest BCUT2D eigenvalue weighted by atomic mass is 10.0. The topological polar surface area (TPSA) is 157 Å². The number of rotatable bonds is 9. The van der Waals surface area contributed by atoms with Gasteiger partial charge in [-0.15, -0.1) is 0 Å². The molecule has 4 aromatic rings. The van der Waals surface area contributed by atoms with Crippen LogP contribution in [0.1, 0.15) is 16.7 Å². The molecule has 0 radical (unpaired) electrons. The number of hydrogen-bond donors (Lipinski definition) is 5. The van der Waals surface area contributed by atoms with Crippen LogP contribution in [-0.4, -0.2) is 29.0 Å². The SMILES string of the molecule is NC(=O)NC(=O)Cc1cc2ccccc2cc1OCc1cccc(NC(=O)C(N)Cc2ccc(O)cc2)c1. The van der Waals surface area contributed by atoms with Gasteiger partial charge in [0, 0.05) is 11.3 Å². The molecule has 38 heavy (non-hydrogen) atoms. The number of ether oxygens (including phenoxy) is 1. The van der Waals surface area contributed by atoms with Crippen LogP contribution in [0.5, 0.6) is 11.5 Å². The number of imide groups is 1. The smallest absolute Gasteiger partial charge is 0.318 e. The van der Waals surface area contributed by atoms with E-state index in [4.69, 9.17) is 16.2 Å². The molecule has 7 N–H and O–H groups in total. The molecule has 0 heterocycles. The minimum absolute atomic E-state index is 0.0852. The lowest BCUT2D eigenvalue weighted by Crippen LogP contribution is -2.37. The third kappa shape index (κ3) is 7.08. The van der Waals surface area contributed by atoms with Gasteiger partial charge in [-0.3, -0.25) is 14.9 Å². The maximum absolute atomic E-state index is 12.6. The van der Waals surface area contributed by atoms with Crippen molar-refractivity contribution in [2.75, 3.05) is 5.32 Å². The van der Waals surface area contributed by atoms with Gasteiger partial charge in [0.2, 0.25) is 11.8 Å². The molecule has 194 valence electrons. The van der Waals surface area contributed by atoms with E-state index in [-0.39, 0.29) is 24.7 Å². The first-order chi connectivity index (χ1) is 18.3. The summed E-state index contributed by atoms with van der Waals surface area (Å²) in [5.74, 6) is -0.233. The van der Waals surface area contributed by atoms with Gasteiger partial charge in [-0.2, -0.15) is 0 Å². The highest BCUT2D eigenvalue weighted by atomic mass is 16.5. The molecule has 4 amide bonds. The first kappa shape index (κ1) is 26.2. The number of nitrogens with one attached hydrogen (secondary N) is 2. The summed E-state index contributed by atoms with van der Waals surface area (Å²) in [6.07, 6.45) is 0.237. The molecule has 1 atom stereocenters. The van der Waals surface area contributed by atoms with Crippen LogP contribution in [0.4, 0.5) is 10.5 Å². The third-order valence-corrected chi connectivity index (χ3v) is 5.86. The zero-order valence-electron chi connectivity index (χ0n) is 20.5. The van der Waals surface area contributed by atoms with Gasteiger partial charge in [0.1, 0.15) is 18.1 Å². The van der Waals surface area contributed by atoms with Gasteiger partial charge in [0.05, 0.1) is 12.5 Å². The largest absolute Gasteiger partial charge is 0.508 e. The Morgan fingerprint density at radius 2 is 1.58 bits per heavy atom. The van der Waals surface area contributed by atoms with Crippen molar-refractivity contribution in [2.24, 2.45) is 11.5 Å². The van der Waals surface area contributed by atoms with Gasteiger partial charge < -0.3 is 26.6 Å². The van der Waals surface area contributed by atoms with Crippen LogP contribution in [-0.2, 0) is 29.0 Å². The van der Waals surface area contributed by atoms with Crippen molar-refractivity contribution in [1.82, 2.24) is 5.32 Å². The fourth-order valence-electron chi connectivity index (χ4n) is 4.01. The van der Waals surface area contributed by atoms with Gasteiger partial charge in [0.25, 0.3) is 0 Å². The van der Waals surface area contributed by atoms with Gasteiger partial charge in [-0.1, -0.05) is 48.5 Å². The molecule has 0 aromatic heterocycles. The van der Waals surface area contributed by atoms with Crippen LogP contribution in [0.25, 0.3) is 10.8 Å². The number of phenolic OH excluding ortho intramolecular Hbond substituents is 1. The quantitative estimate of drug-likeness (QED) is 0.231. The van der Waals surface area contributed by atoms with Crippen LogP contribution >= 0.6 is 0 Å². The molecule has 1 unspecified atom stereocenters. The molecular weight excluding hydrogens is 484 g/mol. The summed E-state index contributed by atoms with van der Waals surface area (Å²) in [6, 6.07) is 23.4. The lowest BCUT2D eigenvalue weighted by molar-refractivity contribution is -0.119. The number of anilines is 1. The van der Waals surface area contributed by atoms with Gasteiger partial charge >= 0.3 is 6.03 Å². The summed E-state index contributed by atoms with van der Waals surface area (Å²) in [6.45, 7) is 0.173. The Morgan fingerprint density at radius 1 is 0.868 bits per heavy atom. The third-order valence-electron chi connectivity index (χ3n) is 5.86. The van der Waals surface area contributed by atoms with Crippen LogP contribution < -0.4 is 26.8 Å². The van der Waals surface area contributed by atoms with Gasteiger partial charge in [-0.25, -0.2) is 4.79 Å². The van der Waals surface area contributed by atoms with E-state index in [2.05, 4.69) is 10.6 Å². The zero-order chi connectivity index (χ0) is 27.1. The Balaban J connectivity index is 1.44. The van der Waals surface area contributed by atoms with E-state index in [0.717, 1.165) is 21.9 Å². The molecule has 0 fully saturated rings. The van der Waals surface area contributed by atoms with Gasteiger partial charge in [-0.05, 0) is 64.7 Å². The van der Waals surface area contributed by atoms with Crippen LogP contribution in [0.2, 0.25) is 0 Å². The molecule has 4 aromatic carbocycles. The number of primary amides is 1. The van der Waals surface area contributed by atoms with Crippen molar-refractivity contribution in [3.05, 3.63) is 102 Å². The molecular formula is C29H28N4O5. The average molecular weight is 513 g/mol. The Hall–Kier alpha value is -4.89. The fraction of sp³-hybridized carbons (Fsp3) is 0.138. The number of nitrogens with two attached hydrogens (primary N) is 2. The summed E-state index contributed by atoms with van der Waals surface area (Å²) in [5, 5.41) is 16.2. The number of hydrogen-bond acceptors (Lipinski definition) is 6. The molecule has 0 saturated carbocycles. The predicted molar refractivity (Wildman–Crippen MR) is 145 cm³/mol. The first-order valence-electron chi connectivity index (χ1n) is 11.9. The molecule has 0 aliphatic rings. The summed E-state index contributed by atoms with van der Waals surface area (Å²) < 4.78 is 6.08. The number of phenols is 1. The number of carbonyl (C=O) groups excluding carboxylic acids is 3. The number of benzene rings is 4. The Morgan fingerprint density at radius 3 is 2.29 bits per heavy atom. The number of carbonyl (C=O) groups is 3. The van der Waals surface area contributed by atoms with E-state index in [1.807, 2.05) is 42.5 Å². The Labute approximate surface area is 219 Å². The number of amides is 4. The second kappa shape index (κ2) is 11.9. The predicted octanol–water partition coefficient (Wildman–Crippen LogP) is 3.37. The maximum atomic E-state index is 12.6. The van der Waals surface area contributed by atoms with E-state index in [1.165, 1.54) is 0 Å². The van der Waals surface area contributed by atoms with E-state index < -0.39 is 18.0 Å². The van der Waals surface area contributed by atoms with E-state index in [0.29, 0.717) is 23.4 Å². The second-order valence-electron chi connectivity index (χ2n) is 8.85. The summed E-state index contributed by atoms with van der Waals surface area (Å²) in [7, 11) is 0. The van der Waals surface area contributed by atoms with Crippen LogP contribution in [0, 0.1) is 0 Å².